The Morgan fingerprint density at radius 1 is 1.33 bits per heavy atom. The van der Waals surface area contributed by atoms with Gasteiger partial charge in [-0.05, 0) is 48.2 Å². The van der Waals surface area contributed by atoms with Crippen LogP contribution in [0.4, 0.5) is 5.69 Å². The maximum absolute atomic E-state index is 12.3. The van der Waals surface area contributed by atoms with Crippen molar-refractivity contribution in [3.05, 3.63) is 58.4 Å². The van der Waals surface area contributed by atoms with Gasteiger partial charge in [0.15, 0.2) is 5.17 Å². The summed E-state index contributed by atoms with van der Waals surface area (Å²) in [7, 11) is 0. The summed E-state index contributed by atoms with van der Waals surface area (Å²) in [6, 6.07) is 9.24. The van der Waals surface area contributed by atoms with Crippen LogP contribution in [-0.4, -0.2) is 21.8 Å². The SMILES string of the molecule is NC1=NC2(CCc3ccc(NC(=O)c4ccc(Cl)cn4)cc32)CS1. The first-order valence-corrected chi connectivity index (χ1v) is 8.97. The van der Waals surface area contributed by atoms with Crippen LogP contribution in [0.3, 0.4) is 0 Å². The average Bonchev–Trinajstić information content (AvgIpc) is 3.12. The van der Waals surface area contributed by atoms with Crippen LogP contribution in [0.1, 0.15) is 28.0 Å². The lowest BCUT2D eigenvalue weighted by Crippen LogP contribution is -2.21. The van der Waals surface area contributed by atoms with Crippen LogP contribution < -0.4 is 11.1 Å². The van der Waals surface area contributed by atoms with E-state index in [0.717, 1.165) is 29.8 Å². The normalized spacial score (nSPS) is 21.6. The van der Waals surface area contributed by atoms with E-state index < -0.39 is 0 Å². The molecular formula is C17H15ClN4OS. The van der Waals surface area contributed by atoms with E-state index in [2.05, 4.69) is 21.4 Å². The highest BCUT2D eigenvalue weighted by atomic mass is 35.5. The van der Waals surface area contributed by atoms with Crippen molar-refractivity contribution in [3.8, 4) is 0 Å². The second kappa shape index (κ2) is 5.79. The molecule has 5 nitrogen and oxygen atoms in total. The molecule has 7 heteroatoms. The van der Waals surface area contributed by atoms with Gasteiger partial charge in [-0.1, -0.05) is 29.4 Å². The molecular weight excluding hydrogens is 344 g/mol. The Kier molecular flexibility index (Phi) is 3.73. The van der Waals surface area contributed by atoms with Crippen molar-refractivity contribution in [1.82, 2.24) is 4.98 Å². The number of hydrogen-bond donors (Lipinski definition) is 2. The Balaban J connectivity index is 1.61. The van der Waals surface area contributed by atoms with Crippen molar-refractivity contribution in [3.63, 3.8) is 0 Å². The van der Waals surface area contributed by atoms with Gasteiger partial charge in [0.05, 0.1) is 10.6 Å². The molecule has 2 aromatic rings. The minimum atomic E-state index is -0.262. The molecule has 3 N–H and O–H groups in total. The van der Waals surface area contributed by atoms with Crippen LogP contribution in [0.25, 0.3) is 0 Å². The van der Waals surface area contributed by atoms with E-state index in [1.807, 2.05) is 12.1 Å². The number of halogens is 1. The topological polar surface area (TPSA) is 80.4 Å². The number of nitrogens with one attached hydrogen (secondary N) is 1. The van der Waals surface area contributed by atoms with Gasteiger partial charge in [-0.25, -0.2) is 4.98 Å². The predicted octanol–water partition coefficient (Wildman–Crippen LogP) is 3.19. The van der Waals surface area contributed by atoms with Crippen LogP contribution in [0.5, 0.6) is 0 Å². The molecule has 24 heavy (non-hydrogen) atoms. The molecule has 4 rings (SSSR count). The number of hydrogen-bond acceptors (Lipinski definition) is 5. The number of amidine groups is 1. The van der Waals surface area contributed by atoms with Crippen molar-refractivity contribution in [2.75, 3.05) is 11.1 Å². The van der Waals surface area contributed by atoms with E-state index in [-0.39, 0.29) is 11.4 Å². The number of aliphatic imine (C=N–C) groups is 1. The second-order valence-electron chi connectivity index (χ2n) is 5.96. The Labute approximate surface area is 148 Å². The molecule has 0 saturated heterocycles. The number of carbonyl (C=O) groups is 1. The number of amides is 1. The predicted molar refractivity (Wildman–Crippen MR) is 97.7 cm³/mol. The first-order chi connectivity index (χ1) is 11.6. The maximum atomic E-state index is 12.3. The van der Waals surface area contributed by atoms with Crippen LogP contribution >= 0.6 is 23.4 Å². The number of nitrogens with zero attached hydrogens (tertiary/aromatic N) is 2. The van der Waals surface area contributed by atoms with Crippen LogP contribution in [0.2, 0.25) is 5.02 Å². The van der Waals surface area contributed by atoms with E-state index >= 15 is 0 Å². The summed E-state index contributed by atoms with van der Waals surface area (Å²) in [6.45, 7) is 0. The molecule has 1 unspecified atom stereocenters. The molecule has 1 aliphatic carbocycles. The number of fused-ring (bicyclic) bond motifs is 2. The zero-order valence-electron chi connectivity index (χ0n) is 12.8. The summed E-state index contributed by atoms with van der Waals surface area (Å²) in [4.78, 5) is 21.0. The second-order valence-corrected chi connectivity index (χ2v) is 7.39. The van der Waals surface area contributed by atoms with Crippen molar-refractivity contribution < 1.29 is 4.79 Å². The fourth-order valence-corrected chi connectivity index (χ4v) is 4.32. The number of benzene rings is 1. The number of carbonyl (C=O) groups excluding carboxylic acids is 1. The number of rotatable bonds is 2. The molecule has 1 spiro atoms. The van der Waals surface area contributed by atoms with E-state index in [4.69, 9.17) is 17.3 Å². The third kappa shape index (κ3) is 2.65. The lowest BCUT2D eigenvalue weighted by Gasteiger charge is -2.20. The van der Waals surface area contributed by atoms with Gasteiger partial charge in [0.1, 0.15) is 5.69 Å². The van der Waals surface area contributed by atoms with Gasteiger partial charge in [0.2, 0.25) is 0 Å². The van der Waals surface area contributed by atoms with Crippen molar-refractivity contribution >= 4 is 40.1 Å². The minimum Gasteiger partial charge on any atom is -0.379 e. The first kappa shape index (κ1) is 15.5. The molecule has 122 valence electrons. The van der Waals surface area contributed by atoms with Gasteiger partial charge in [0, 0.05) is 17.6 Å². The summed E-state index contributed by atoms with van der Waals surface area (Å²) < 4.78 is 0. The summed E-state index contributed by atoms with van der Waals surface area (Å²) in [5.41, 5.74) is 9.15. The molecule has 1 amide bonds. The molecule has 2 heterocycles. The molecule has 1 aromatic heterocycles. The highest BCUT2D eigenvalue weighted by Crippen LogP contribution is 2.46. The van der Waals surface area contributed by atoms with Crippen molar-refractivity contribution in [2.24, 2.45) is 10.7 Å². The molecule has 0 radical (unpaired) electrons. The molecule has 0 saturated carbocycles. The number of anilines is 1. The number of pyridine rings is 1. The maximum Gasteiger partial charge on any atom is 0.274 e. The van der Waals surface area contributed by atoms with Crippen LogP contribution in [-0.2, 0) is 12.0 Å². The van der Waals surface area contributed by atoms with Gasteiger partial charge in [-0.2, -0.15) is 0 Å². The van der Waals surface area contributed by atoms with Gasteiger partial charge in [-0.3, -0.25) is 9.79 Å². The van der Waals surface area contributed by atoms with E-state index in [1.54, 1.807) is 23.9 Å². The van der Waals surface area contributed by atoms with Crippen molar-refractivity contribution in [2.45, 2.75) is 18.4 Å². The fourth-order valence-electron chi connectivity index (χ4n) is 3.22. The Morgan fingerprint density at radius 2 is 2.21 bits per heavy atom. The molecule has 0 fully saturated rings. The molecule has 0 bridgehead atoms. The Morgan fingerprint density at radius 3 is 2.92 bits per heavy atom. The van der Waals surface area contributed by atoms with E-state index in [9.17, 15) is 4.79 Å². The lowest BCUT2D eigenvalue weighted by atomic mass is 9.94. The molecule has 1 aliphatic heterocycles. The third-order valence-electron chi connectivity index (χ3n) is 4.42. The third-order valence-corrected chi connectivity index (χ3v) is 5.65. The standard InChI is InChI=1S/C17H15ClN4OS/c18-11-2-4-14(20-8-11)15(23)21-12-3-1-10-5-6-17(13(10)7-12)9-24-16(19)22-17/h1-4,7-8H,5-6,9H2,(H2,19,22)(H,21,23). The van der Waals surface area contributed by atoms with Crippen molar-refractivity contribution in [1.29, 1.82) is 0 Å². The van der Waals surface area contributed by atoms with E-state index in [1.165, 1.54) is 11.8 Å². The minimum absolute atomic E-state index is 0.233. The van der Waals surface area contributed by atoms with Gasteiger partial charge < -0.3 is 11.1 Å². The first-order valence-electron chi connectivity index (χ1n) is 7.60. The number of aryl methyl sites for hydroxylation is 1. The monoisotopic (exact) mass is 358 g/mol. The van der Waals surface area contributed by atoms with E-state index in [0.29, 0.717) is 15.9 Å². The Bertz CT molecular complexity index is 852. The summed E-state index contributed by atoms with van der Waals surface area (Å²) >= 11 is 7.40. The van der Waals surface area contributed by atoms with Crippen LogP contribution in [0, 0.1) is 0 Å². The highest BCUT2D eigenvalue weighted by Gasteiger charge is 2.42. The largest absolute Gasteiger partial charge is 0.379 e. The zero-order chi connectivity index (χ0) is 16.7. The number of nitrogens with two attached hydrogens (primary N) is 1. The number of aromatic nitrogens is 1. The fraction of sp³-hybridized carbons (Fsp3) is 0.235. The van der Waals surface area contributed by atoms with Gasteiger partial charge in [0.25, 0.3) is 5.91 Å². The summed E-state index contributed by atoms with van der Waals surface area (Å²) in [5, 5.41) is 4.04. The molecule has 1 atom stereocenters. The smallest absolute Gasteiger partial charge is 0.274 e. The average molecular weight is 359 g/mol. The van der Waals surface area contributed by atoms with Gasteiger partial charge >= 0.3 is 0 Å². The van der Waals surface area contributed by atoms with Crippen LogP contribution in [0.15, 0.2) is 41.5 Å². The quantitative estimate of drug-likeness (QED) is 0.863. The molecule has 2 aliphatic rings. The van der Waals surface area contributed by atoms with Gasteiger partial charge in [-0.15, -0.1) is 0 Å². The molecule has 1 aromatic carbocycles. The summed E-state index contributed by atoms with van der Waals surface area (Å²) in [5.74, 6) is 0.601. The lowest BCUT2D eigenvalue weighted by molar-refractivity contribution is 0.102. The zero-order valence-corrected chi connectivity index (χ0v) is 14.3. The number of thioether (sulfide) groups is 1. The highest BCUT2D eigenvalue weighted by molar-refractivity contribution is 8.14. The summed E-state index contributed by atoms with van der Waals surface area (Å²) in [6.07, 6.45) is 3.41. The Hall–Kier alpha value is -2.05.